The summed E-state index contributed by atoms with van der Waals surface area (Å²) in [4.78, 5) is 7.64. The van der Waals surface area contributed by atoms with Gasteiger partial charge >= 0.3 is 0 Å². The van der Waals surface area contributed by atoms with Crippen molar-refractivity contribution in [2.45, 2.75) is 12.8 Å². The molecule has 22 heavy (non-hydrogen) atoms. The van der Waals surface area contributed by atoms with E-state index < -0.39 is 11.8 Å². The summed E-state index contributed by atoms with van der Waals surface area (Å²) in [5.41, 5.74) is 5.83. The zero-order chi connectivity index (χ0) is 16.3. The number of halogens is 3. The quantitative estimate of drug-likeness (QED) is 0.669. The lowest BCUT2D eigenvalue weighted by Crippen LogP contribution is -2.19. The van der Waals surface area contributed by atoms with E-state index in [9.17, 15) is 8.78 Å². The molecule has 0 fully saturated rings. The summed E-state index contributed by atoms with van der Waals surface area (Å²) in [5.74, 6) is -3.54. The van der Waals surface area contributed by atoms with Crippen molar-refractivity contribution >= 4 is 23.3 Å². The van der Waals surface area contributed by atoms with E-state index in [1.54, 1.807) is 24.3 Å². The smallest absolute Gasteiger partial charge is 0.271 e. The van der Waals surface area contributed by atoms with Crippen LogP contribution in [0, 0.1) is 5.41 Å². The molecular formula is C15H13ClF2N4. The first kappa shape index (κ1) is 16.0. The van der Waals surface area contributed by atoms with Gasteiger partial charge in [-0.05, 0) is 18.2 Å². The molecule has 114 valence electrons. The summed E-state index contributed by atoms with van der Waals surface area (Å²) < 4.78 is 27.1. The van der Waals surface area contributed by atoms with Gasteiger partial charge in [0.05, 0.1) is 5.02 Å². The Morgan fingerprint density at radius 2 is 1.95 bits per heavy atom. The average Bonchev–Trinajstić information content (AvgIpc) is 2.46. The lowest BCUT2D eigenvalue weighted by Gasteiger charge is -2.14. The predicted molar refractivity (Wildman–Crippen MR) is 82.8 cm³/mol. The Hall–Kier alpha value is -2.34. The van der Waals surface area contributed by atoms with Gasteiger partial charge in [-0.25, -0.2) is 13.8 Å². The van der Waals surface area contributed by atoms with Crippen LogP contribution in [0.25, 0.3) is 0 Å². The number of nitrogens with two attached hydrogens (primary N) is 1. The second kappa shape index (κ2) is 6.19. The molecule has 3 N–H and O–H groups in total. The van der Waals surface area contributed by atoms with E-state index >= 15 is 0 Å². The highest BCUT2D eigenvalue weighted by atomic mass is 35.5. The van der Waals surface area contributed by atoms with Crippen LogP contribution in [0.5, 0.6) is 0 Å². The summed E-state index contributed by atoms with van der Waals surface area (Å²) in [7, 11) is 0. The normalized spacial score (nSPS) is 12.3. The van der Waals surface area contributed by atoms with Crippen molar-refractivity contribution in [1.29, 1.82) is 5.41 Å². The largest absolute Gasteiger partial charge is 0.383 e. The van der Waals surface area contributed by atoms with Gasteiger partial charge in [0.25, 0.3) is 5.92 Å². The van der Waals surface area contributed by atoms with Crippen LogP contribution in [-0.4, -0.2) is 16.7 Å². The molecule has 0 aliphatic rings. The molecule has 0 atom stereocenters. The fraction of sp³-hybridized carbons (Fsp3) is 0.133. The summed E-state index contributed by atoms with van der Waals surface area (Å²) in [5, 5.41) is 8.28. The molecular weight excluding hydrogens is 310 g/mol. The van der Waals surface area contributed by atoms with Crippen LogP contribution < -0.4 is 5.73 Å². The first-order valence-electron chi connectivity index (χ1n) is 6.31. The van der Waals surface area contributed by atoms with Gasteiger partial charge in [0.15, 0.2) is 5.84 Å². The van der Waals surface area contributed by atoms with Crippen molar-refractivity contribution in [3.05, 3.63) is 64.4 Å². The average molecular weight is 323 g/mol. The van der Waals surface area contributed by atoms with Crippen LogP contribution in [-0.2, 0) is 5.92 Å². The number of aromatic nitrogens is 1. The van der Waals surface area contributed by atoms with Crippen molar-refractivity contribution in [3.8, 4) is 0 Å². The molecule has 0 aliphatic heterocycles. The number of hydrogen-bond donors (Lipinski definition) is 2. The Balaban J connectivity index is 2.42. The zero-order valence-corrected chi connectivity index (χ0v) is 12.4. The Bertz CT molecular complexity index is 738. The molecule has 0 unspecified atom stereocenters. The van der Waals surface area contributed by atoms with Crippen LogP contribution >= 0.6 is 11.6 Å². The van der Waals surface area contributed by atoms with Crippen molar-refractivity contribution in [1.82, 2.24) is 4.98 Å². The molecule has 1 heterocycles. The Labute approximate surface area is 131 Å². The third-order valence-electron chi connectivity index (χ3n) is 2.93. The second-order valence-electron chi connectivity index (χ2n) is 4.64. The number of nitrogens with one attached hydrogen (secondary N) is 1. The number of amidine groups is 2. The number of nitrogens with zero attached hydrogens (tertiary/aromatic N) is 2. The van der Waals surface area contributed by atoms with E-state index in [4.69, 9.17) is 22.7 Å². The molecule has 0 saturated carbocycles. The molecule has 1 aromatic heterocycles. The van der Waals surface area contributed by atoms with E-state index in [1.165, 1.54) is 12.4 Å². The van der Waals surface area contributed by atoms with Crippen molar-refractivity contribution in [2.24, 2.45) is 10.7 Å². The monoisotopic (exact) mass is 322 g/mol. The van der Waals surface area contributed by atoms with E-state index in [-0.39, 0.29) is 17.0 Å². The minimum Gasteiger partial charge on any atom is -0.383 e. The highest BCUT2D eigenvalue weighted by Gasteiger charge is 2.28. The summed E-state index contributed by atoms with van der Waals surface area (Å²) in [6.45, 7) is 0.750. The molecule has 4 nitrogen and oxygen atoms in total. The van der Waals surface area contributed by atoms with Gasteiger partial charge in [0.1, 0.15) is 5.84 Å². The number of aliphatic imine (C=N–C) groups is 1. The summed E-state index contributed by atoms with van der Waals surface area (Å²) in [6.07, 6.45) is 2.41. The standard InChI is InChI=1S/C15H13ClF2N4/c1-15(17,18)11-6-7-21-8-10(11)14(20)22-13(19)9-4-2-3-5-12(9)16/h2-8H,1H3,(H3,19,20,22). The van der Waals surface area contributed by atoms with Gasteiger partial charge in [-0.3, -0.25) is 10.4 Å². The highest BCUT2D eigenvalue weighted by Crippen LogP contribution is 2.29. The molecule has 0 bridgehead atoms. The maximum atomic E-state index is 13.6. The molecule has 0 aliphatic carbocycles. The third kappa shape index (κ3) is 3.46. The highest BCUT2D eigenvalue weighted by molar-refractivity contribution is 6.34. The first-order chi connectivity index (χ1) is 10.3. The molecule has 1 aromatic carbocycles. The SMILES string of the molecule is CC(F)(F)c1ccncc1C(=N)N=C(N)c1ccccc1Cl. The van der Waals surface area contributed by atoms with Crippen LogP contribution in [0.15, 0.2) is 47.7 Å². The van der Waals surface area contributed by atoms with Gasteiger partial charge in [0.2, 0.25) is 0 Å². The molecule has 0 amide bonds. The lowest BCUT2D eigenvalue weighted by molar-refractivity contribution is 0.0172. The molecule has 2 rings (SSSR count). The molecule has 7 heteroatoms. The van der Waals surface area contributed by atoms with Crippen molar-refractivity contribution in [2.75, 3.05) is 0 Å². The lowest BCUT2D eigenvalue weighted by atomic mass is 10.0. The Kier molecular flexibility index (Phi) is 4.51. The van der Waals surface area contributed by atoms with Gasteiger partial charge < -0.3 is 5.73 Å². The Morgan fingerprint density at radius 3 is 2.59 bits per heavy atom. The third-order valence-corrected chi connectivity index (χ3v) is 3.26. The van der Waals surface area contributed by atoms with Gasteiger partial charge in [-0.15, -0.1) is 0 Å². The number of rotatable bonds is 3. The molecule has 0 radical (unpaired) electrons. The number of pyridine rings is 1. The fourth-order valence-electron chi connectivity index (χ4n) is 1.88. The van der Waals surface area contributed by atoms with Gasteiger partial charge in [-0.1, -0.05) is 23.7 Å². The van der Waals surface area contributed by atoms with Crippen LogP contribution in [0.1, 0.15) is 23.6 Å². The molecule has 0 spiro atoms. The summed E-state index contributed by atoms with van der Waals surface area (Å²) in [6, 6.07) is 7.85. The van der Waals surface area contributed by atoms with Crippen LogP contribution in [0.3, 0.4) is 0 Å². The van der Waals surface area contributed by atoms with Gasteiger partial charge in [0, 0.05) is 36.0 Å². The van der Waals surface area contributed by atoms with Crippen molar-refractivity contribution < 1.29 is 8.78 Å². The van der Waals surface area contributed by atoms with E-state index in [1.807, 2.05) is 0 Å². The van der Waals surface area contributed by atoms with Crippen LogP contribution in [0.2, 0.25) is 5.02 Å². The molecule has 2 aromatic rings. The summed E-state index contributed by atoms with van der Waals surface area (Å²) >= 11 is 5.99. The predicted octanol–water partition coefficient (Wildman–Crippen LogP) is 3.58. The van der Waals surface area contributed by atoms with Crippen LogP contribution in [0.4, 0.5) is 8.78 Å². The number of alkyl halides is 2. The van der Waals surface area contributed by atoms with Crippen molar-refractivity contribution in [3.63, 3.8) is 0 Å². The fourth-order valence-corrected chi connectivity index (χ4v) is 2.11. The second-order valence-corrected chi connectivity index (χ2v) is 5.04. The minimum absolute atomic E-state index is 0.0233. The number of benzene rings is 1. The van der Waals surface area contributed by atoms with E-state index in [2.05, 4.69) is 9.98 Å². The molecule has 0 saturated heterocycles. The Morgan fingerprint density at radius 1 is 1.27 bits per heavy atom. The minimum atomic E-state index is -3.11. The topological polar surface area (TPSA) is 75.1 Å². The van der Waals surface area contributed by atoms with E-state index in [0.29, 0.717) is 10.6 Å². The zero-order valence-electron chi connectivity index (χ0n) is 11.6. The maximum absolute atomic E-state index is 13.6. The van der Waals surface area contributed by atoms with E-state index in [0.717, 1.165) is 13.0 Å². The number of hydrogen-bond acceptors (Lipinski definition) is 2. The van der Waals surface area contributed by atoms with Gasteiger partial charge in [-0.2, -0.15) is 0 Å². The first-order valence-corrected chi connectivity index (χ1v) is 6.69. The maximum Gasteiger partial charge on any atom is 0.271 e.